The SMILES string of the molecule is CC(C)(C)C(=O)NCC(=O)NCc1ccccc1Cl. The Hall–Kier alpha value is -1.55. The average molecular weight is 283 g/mol. The van der Waals surface area contributed by atoms with E-state index in [1.807, 2.05) is 18.2 Å². The maximum Gasteiger partial charge on any atom is 0.239 e. The molecule has 0 aliphatic heterocycles. The van der Waals surface area contributed by atoms with E-state index in [2.05, 4.69) is 10.6 Å². The summed E-state index contributed by atoms with van der Waals surface area (Å²) in [5.41, 5.74) is 0.350. The molecule has 0 saturated heterocycles. The first-order valence-corrected chi connectivity index (χ1v) is 6.47. The van der Waals surface area contributed by atoms with E-state index >= 15 is 0 Å². The Labute approximate surface area is 118 Å². The molecular formula is C14H19ClN2O2. The highest BCUT2D eigenvalue weighted by Crippen LogP contribution is 2.14. The van der Waals surface area contributed by atoms with E-state index < -0.39 is 5.41 Å². The molecule has 0 saturated carbocycles. The molecule has 0 heterocycles. The smallest absolute Gasteiger partial charge is 0.239 e. The molecular weight excluding hydrogens is 264 g/mol. The van der Waals surface area contributed by atoms with Gasteiger partial charge in [-0.15, -0.1) is 0 Å². The summed E-state index contributed by atoms with van der Waals surface area (Å²) in [7, 11) is 0. The Morgan fingerprint density at radius 3 is 2.37 bits per heavy atom. The van der Waals surface area contributed by atoms with Gasteiger partial charge in [0.2, 0.25) is 11.8 Å². The lowest BCUT2D eigenvalue weighted by molar-refractivity contribution is -0.131. The Kier molecular flexibility index (Phi) is 5.36. The number of halogens is 1. The highest BCUT2D eigenvalue weighted by atomic mass is 35.5. The van der Waals surface area contributed by atoms with Crippen LogP contribution in [0.15, 0.2) is 24.3 Å². The number of nitrogens with one attached hydrogen (secondary N) is 2. The maximum absolute atomic E-state index is 11.6. The van der Waals surface area contributed by atoms with Crippen molar-refractivity contribution >= 4 is 23.4 Å². The van der Waals surface area contributed by atoms with Gasteiger partial charge in [-0.1, -0.05) is 50.6 Å². The molecule has 0 fully saturated rings. The van der Waals surface area contributed by atoms with E-state index in [9.17, 15) is 9.59 Å². The summed E-state index contributed by atoms with van der Waals surface area (Å²) in [6, 6.07) is 7.30. The first-order chi connectivity index (χ1) is 8.80. The lowest BCUT2D eigenvalue weighted by atomic mass is 9.96. The van der Waals surface area contributed by atoms with Gasteiger partial charge in [-0.2, -0.15) is 0 Å². The van der Waals surface area contributed by atoms with Crippen LogP contribution in [0.2, 0.25) is 5.02 Å². The molecule has 0 spiro atoms. The van der Waals surface area contributed by atoms with Crippen molar-refractivity contribution in [3.8, 4) is 0 Å². The van der Waals surface area contributed by atoms with E-state index in [4.69, 9.17) is 11.6 Å². The fourth-order valence-corrected chi connectivity index (χ4v) is 1.53. The molecule has 0 aliphatic rings. The third-order valence-corrected chi connectivity index (χ3v) is 2.89. The fourth-order valence-electron chi connectivity index (χ4n) is 1.32. The summed E-state index contributed by atoms with van der Waals surface area (Å²) in [6.07, 6.45) is 0. The average Bonchev–Trinajstić information content (AvgIpc) is 2.33. The van der Waals surface area contributed by atoms with Crippen LogP contribution in [-0.2, 0) is 16.1 Å². The molecule has 0 unspecified atom stereocenters. The molecule has 0 radical (unpaired) electrons. The molecule has 5 heteroatoms. The molecule has 0 aliphatic carbocycles. The van der Waals surface area contributed by atoms with Crippen LogP contribution in [0.4, 0.5) is 0 Å². The molecule has 0 atom stereocenters. The van der Waals surface area contributed by atoms with Crippen LogP contribution in [0, 0.1) is 5.41 Å². The van der Waals surface area contributed by atoms with E-state index in [1.165, 1.54) is 0 Å². The molecule has 1 rings (SSSR count). The van der Waals surface area contributed by atoms with Gasteiger partial charge in [0.1, 0.15) is 0 Å². The fraction of sp³-hybridized carbons (Fsp3) is 0.429. The lowest BCUT2D eigenvalue weighted by Crippen LogP contribution is -2.41. The molecule has 104 valence electrons. The summed E-state index contributed by atoms with van der Waals surface area (Å²) in [4.78, 5) is 23.2. The third kappa shape index (κ3) is 5.30. The Morgan fingerprint density at radius 2 is 1.79 bits per heavy atom. The lowest BCUT2D eigenvalue weighted by Gasteiger charge is -2.17. The largest absolute Gasteiger partial charge is 0.350 e. The molecule has 1 aromatic carbocycles. The van der Waals surface area contributed by atoms with Crippen LogP contribution in [0.1, 0.15) is 26.3 Å². The molecule has 1 aromatic rings. The van der Waals surface area contributed by atoms with Crippen LogP contribution in [0.25, 0.3) is 0 Å². The third-order valence-electron chi connectivity index (χ3n) is 2.52. The van der Waals surface area contributed by atoms with Gasteiger partial charge in [-0.3, -0.25) is 9.59 Å². The Morgan fingerprint density at radius 1 is 1.16 bits per heavy atom. The van der Waals surface area contributed by atoms with Gasteiger partial charge >= 0.3 is 0 Å². The predicted molar refractivity (Wildman–Crippen MR) is 75.8 cm³/mol. The standard InChI is InChI=1S/C14H19ClN2O2/c1-14(2,3)13(19)17-9-12(18)16-8-10-6-4-5-7-11(10)15/h4-7H,8-9H2,1-3H3,(H,16,18)(H,17,19). The predicted octanol–water partition coefficient (Wildman–Crippen LogP) is 2.12. The highest BCUT2D eigenvalue weighted by molar-refractivity contribution is 6.31. The van der Waals surface area contributed by atoms with Crippen LogP contribution in [-0.4, -0.2) is 18.4 Å². The van der Waals surface area contributed by atoms with Gasteiger partial charge in [-0.25, -0.2) is 0 Å². The van der Waals surface area contributed by atoms with Crippen LogP contribution < -0.4 is 10.6 Å². The van der Waals surface area contributed by atoms with Gasteiger partial charge in [0, 0.05) is 17.0 Å². The summed E-state index contributed by atoms with van der Waals surface area (Å²) in [5, 5.41) is 5.91. The minimum absolute atomic E-state index is 0.0272. The highest BCUT2D eigenvalue weighted by Gasteiger charge is 2.21. The molecule has 19 heavy (non-hydrogen) atoms. The second-order valence-corrected chi connectivity index (χ2v) is 5.71. The molecule has 0 aromatic heterocycles. The van der Waals surface area contributed by atoms with Crippen molar-refractivity contribution < 1.29 is 9.59 Å². The number of amides is 2. The molecule has 2 amide bonds. The number of rotatable bonds is 4. The monoisotopic (exact) mass is 282 g/mol. The minimum Gasteiger partial charge on any atom is -0.350 e. The van der Waals surface area contributed by atoms with Gasteiger partial charge in [0.05, 0.1) is 6.54 Å². The van der Waals surface area contributed by atoms with Crippen molar-refractivity contribution in [2.75, 3.05) is 6.54 Å². The minimum atomic E-state index is -0.497. The number of hydrogen-bond acceptors (Lipinski definition) is 2. The normalized spacial score (nSPS) is 10.9. The van der Waals surface area contributed by atoms with Crippen molar-refractivity contribution in [1.82, 2.24) is 10.6 Å². The van der Waals surface area contributed by atoms with Gasteiger partial charge < -0.3 is 10.6 Å². The number of benzene rings is 1. The van der Waals surface area contributed by atoms with Crippen molar-refractivity contribution in [3.05, 3.63) is 34.9 Å². The first-order valence-electron chi connectivity index (χ1n) is 6.09. The van der Waals surface area contributed by atoms with Crippen molar-refractivity contribution in [1.29, 1.82) is 0 Å². The summed E-state index contributed by atoms with van der Waals surface area (Å²) >= 11 is 5.97. The molecule has 4 nitrogen and oxygen atoms in total. The summed E-state index contributed by atoms with van der Waals surface area (Å²) < 4.78 is 0. The Bertz CT molecular complexity index is 467. The Balaban J connectivity index is 2.37. The molecule has 0 bridgehead atoms. The number of carbonyl (C=O) groups is 2. The topological polar surface area (TPSA) is 58.2 Å². The molecule has 2 N–H and O–H groups in total. The van der Waals surface area contributed by atoms with Crippen LogP contribution >= 0.6 is 11.6 Å². The second-order valence-electron chi connectivity index (χ2n) is 5.30. The van der Waals surface area contributed by atoms with E-state index in [1.54, 1.807) is 26.8 Å². The summed E-state index contributed by atoms with van der Waals surface area (Å²) in [6.45, 7) is 5.71. The zero-order valence-electron chi connectivity index (χ0n) is 11.4. The quantitative estimate of drug-likeness (QED) is 0.889. The zero-order valence-corrected chi connectivity index (χ0v) is 12.2. The van der Waals surface area contributed by atoms with Crippen LogP contribution in [0.3, 0.4) is 0 Å². The first kappa shape index (κ1) is 15.5. The van der Waals surface area contributed by atoms with Crippen molar-refractivity contribution in [3.63, 3.8) is 0 Å². The second kappa shape index (κ2) is 6.57. The van der Waals surface area contributed by atoms with Crippen molar-refractivity contribution in [2.24, 2.45) is 5.41 Å². The van der Waals surface area contributed by atoms with E-state index in [0.29, 0.717) is 11.6 Å². The van der Waals surface area contributed by atoms with Crippen LogP contribution in [0.5, 0.6) is 0 Å². The van der Waals surface area contributed by atoms with Gasteiger partial charge in [0.15, 0.2) is 0 Å². The summed E-state index contributed by atoms with van der Waals surface area (Å²) in [5.74, 6) is -0.391. The van der Waals surface area contributed by atoms with Crippen molar-refractivity contribution in [2.45, 2.75) is 27.3 Å². The maximum atomic E-state index is 11.6. The number of hydrogen-bond donors (Lipinski definition) is 2. The van der Waals surface area contributed by atoms with E-state index in [0.717, 1.165) is 5.56 Å². The number of carbonyl (C=O) groups excluding carboxylic acids is 2. The van der Waals surface area contributed by atoms with Gasteiger partial charge in [-0.05, 0) is 11.6 Å². The zero-order chi connectivity index (χ0) is 14.5. The van der Waals surface area contributed by atoms with Gasteiger partial charge in [0.25, 0.3) is 0 Å². The van der Waals surface area contributed by atoms with E-state index in [-0.39, 0.29) is 18.4 Å².